The van der Waals surface area contributed by atoms with Crippen molar-refractivity contribution in [3.63, 3.8) is 0 Å². The Balaban J connectivity index is 1.94. The summed E-state index contributed by atoms with van der Waals surface area (Å²) >= 11 is 0. The Morgan fingerprint density at radius 1 is 1.20 bits per heavy atom. The van der Waals surface area contributed by atoms with E-state index in [0.29, 0.717) is 5.95 Å². The molecule has 1 aromatic heterocycles. The minimum atomic E-state index is 0.363. The highest BCUT2D eigenvalue weighted by Crippen LogP contribution is 2.06. The summed E-state index contributed by atoms with van der Waals surface area (Å²) in [6.45, 7) is 5.25. The van der Waals surface area contributed by atoms with Crippen LogP contribution in [0, 0.1) is 0 Å². The standard InChI is InChI=1S/C9H18N6/c1-13-3-5-15(6-4-13)7-8-11-9(10)12-14(8)2/h3-7H2,1-2H3,(H2,10,12). The Kier molecular flexibility index (Phi) is 2.88. The van der Waals surface area contributed by atoms with Gasteiger partial charge in [0.2, 0.25) is 5.95 Å². The predicted octanol–water partition coefficient (Wildman–Crippen LogP) is -0.855. The highest BCUT2D eigenvalue weighted by molar-refractivity contribution is 5.13. The van der Waals surface area contributed by atoms with Gasteiger partial charge in [-0.2, -0.15) is 4.98 Å². The molecule has 1 aromatic rings. The van der Waals surface area contributed by atoms with Gasteiger partial charge in [-0.25, -0.2) is 4.68 Å². The fourth-order valence-electron chi connectivity index (χ4n) is 1.78. The molecule has 0 bridgehead atoms. The first-order valence-electron chi connectivity index (χ1n) is 5.21. The molecule has 2 heterocycles. The average molecular weight is 210 g/mol. The molecule has 2 rings (SSSR count). The van der Waals surface area contributed by atoms with Gasteiger partial charge in [0.15, 0.2) is 0 Å². The summed E-state index contributed by atoms with van der Waals surface area (Å²) in [5.41, 5.74) is 5.54. The number of likely N-dealkylation sites (N-methyl/N-ethyl adjacent to an activating group) is 1. The van der Waals surface area contributed by atoms with Crippen molar-refractivity contribution in [2.24, 2.45) is 7.05 Å². The third-order valence-electron chi connectivity index (χ3n) is 2.83. The van der Waals surface area contributed by atoms with Gasteiger partial charge in [-0.15, -0.1) is 5.10 Å². The molecule has 0 amide bonds. The number of nitrogens with zero attached hydrogens (tertiary/aromatic N) is 5. The summed E-state index contributed by atoms with van der Waals surface area (Å²) in [5.74, 6) is 1.30. The maximum Gasteiger partial charge on any atom is 0.239 e. The van der Waals surface area contributed by atoms with E-state index < -0.39 is 0 Å². The molecule has 6 heteroatoms. The van der Waals surface area contributed by atoms with E-state index in [-0.39, 0.29) is 0 Å². The maximum absolute atomic E-state index is 5.54. The van der Waals surface area contributed by atoms with Gasteiger partial charge in [0.1, 0.15) is 5.82 Å². The minimum absolute atomic E-state index is 0.363. The van der Waals surface area contributed by atoms with Crippen LogP contribution in [0.5, 0.6) is 0 Å². The largest absolute Gasteiger partial charge is 0.366 e. The Bertz CT molecular complexity index is 325. The van der Waals surface area contributed by atoms with Crippen LogP contribution < -0.4 is 5.73 Å². The first kappa shape index (κ1) is 10.4. The van der Waals surface area contributed by atoms with Gasteiger partial charge in [-0.3, -0.25) is 4.90 Å². The second-order valence-corrected chi connectivity index (χ2v) is 4.09. The molecule has 84 valence electrons. The summed E-state index contributed by atoms with van der Waals surface area (Å²) in [7, 11) is 4.03. The molecule has 0 saturated carbocycles. The second-order valence-electron chi connectivity index (χ2n) is 4.09. The van der Waals surface area contributed by atoms with Crippen LogP contribution >= 0.6 is 0 Å². The number of hydrogen-bond acceptors (Lipinski definition) is 5. The molecule has 0 spiro atoms. The molecular weight excluding hydrogens is 192 g/mol. The molecule has 0 atom stereocenters. The normalized spacial score (nSPS) is 19.6. The van der Waals surface area contributed by atoms with Crippen molar-refractivity contribution in [2.75, 3.05) is 39.0 Å². The first-order valence-corrected chi connectivity index (χ1v) is 5.21. The zero-order chi connectivity index (χ0) is 10.8. The smallest absolute Gasteiger partial charge is 0.239 e. The van der Waals surface area contributed by atoms with Crippen LogP contribution in [0.1, 0.15) is 5.82 Å². The Hall–Kier alpha value is -1.14. The van der Waals surface area contributed by atoms with Gasteiger partial charge in [0.05, 0.1) is 6.54 Å². The summed E-state index contributed by atoms with van der Waals surface area (Å²) < 4.78 is 1.76. The van der Waals surface area contributed by atoms with Crippen LogP contribution in [0.15, 0.2) is 0 Å². The fraction of sp³-hybridized carbons (Fsp3) is 0.778. The van der Waals surface area contributed by atoms with E-state index in [1.165, 1.54) is 0 Å². The quantitative estimate of drug-likeness (QED) is 0.688. The number of anilines is 1. The van der Waals surface area contributed by atoms with E-state index in [4.69, 9.17) is 5.73 Å². The van der Waals surface area contributed by atoms with Crippen molar-refractivity contribution in [1.29, 1.82) is 0 Å². The lowest BCUT2D eigenvalue weighted by atomic mass is 10.3. The van der Waals surface area contributed by atoms with E-state index in [1.54, 1.807) is 4.68 Å². The monoisotopic (exact) mass is 210 g/mol. The lowest BCUT2D eigenvalue weighted by molar-refractivity contribution is 0.144. The van der Waals surface area contributed by atoms with Gasteiger partial charge in [0, 0.05) is 33.2 Å². The van der Waals surface area contributed by atoms with Crippen molar-refractivity contribution < 1.29 is 0 Å². The number of aromatic nitrogens is 3. The number of rotatable bonds is 2. The third kappa shape index (κ3) is 2.45. The summed E-state index contributed by atoms with van der Waals surface area (Å²) in [5, 5.41) is 4.04. The highest BCUT2D eigenvalue weighted by Gasteiger charge is 2.16. The number of nitrogens with two attached hydrogens (primary N) is 1. The van der Waals surface area contributed by atoms with E-state index in [0.717, 1.165) is 38.5 Å². The molecule has 15 heavy (non-hydrogen) atoms. The molecule has 0 aromatic carbocycles. The zero-order valence-corrected chi connectivity index (χ0v) is 9.35. The van der Waals surface area contributed by atoms with Crippen LogP contribution in [-0.2, 0) is 13.6 Å². The summed E-state index contributed by atoms with van der Waals surface area (Å²) in [4.78, 5) is 8.91. The first-order chi connectivity index (χ1) is 7.15. The summed E-state index contributed by atoms with van der Waals surface area (Å²) in [6, 6.07) is 0. The molecule has 6 nitrogen and oxygen atoms in total. The summed E-state index contributed by atoms with van der Waals surface area (Å²) in [6.07, 6.45) is 0. The van der Waals surface area contributed by atoms with Crippen molar-refractivity contribution in [2.45, 2.75) is 6.54 Å². The maximum atomic E-state index is 5.54. The van der Waals surface area contributed by atoms with Crippen LogP contribution in [-0.4, -0.2) is 57.8 Å². The molecule has 1 saturated heterocycles. The lowest BCUT2D eigenvalue weighted by Gasteiger charge is -2.31. The van der Waals surface area contributed by atoms with Crippen molar-refractivity contribution in [3.8, 4) is 0 Å². The number of nitrogen functional groups attached to an aromatic ring is 1. The van der Waals surface area contributed by atoms with Crippen LogP contribution in [0.3, 0.4) is 0 Å². The molecular formula is C9H18N6. The van der Waals surface area contributed by atoms with Crippen molar-refractivity contribution in [1.82, 2.24) is 24.6 Å². The molecule has 0 radical (unpaired) electrons. The van der Waals surface area contributed by atoms with E-state index >= 15 is 0 Å². The Morgan fingerprint density at radius 2 is 1.87 bits per heavy atom. The van der Waals surface area contributed by atoms with Crippen LogP contribution in [0.25, 0.3) is 0 Å². The van der Waals surface area contributed by atoms with Gasteiger partial charge >= 0.3 is 0 Å². The van der Waals surface area contributed by atoms with Gasteiger partial charge in [0.25, 0.3) is 0 Å². The molecule has 0 unspecified atom stereocenters. The third-order valence-corrected chi connectivity index (χ3v) is 2.83. The molecule has 0 aliphatic carbocycles. The SMILES string of the molecule is CN1CCN(Cc2nc(N)nn2C)CC1. The van der Waals surface area contributed by atoms with Gasteiger partial charge in [-0.1, -0.05) is 0 Å². The average Bonchev–Trinajstić information content (AvgIpc) is 2.49. The van der Waals surface area contributed by atoms with E-state index in [2.05, 4.69) is 26.9 Å². The minimum Gasteiger partial charge on any atom is -0.366 e. The molecule has 1 fully saturated rings. The van der Waals surface area contributed by atoms with Gasteiger partial charge in [-0.05, 0) is 7.05 Å². The predicted molar refractivity (Wildman–Crippen MR) is 58.2 cm³/mol. The number of piperazine rings is 1. The lowest BCUT2D eigenvalue weighted by Crippen LogP contribution is -2.44. The Morgan fingerprint density at radius 3 is 2.40 bits per heavy atom. The van der Waals surface area contributed by atoms with Crippen molar-refractivity contribution in [3.05, 3.63) is 5.82 Å². The van der Waals surface area contributed by atoms with Gasteiger partial charge < -0.3 is 10.6 Å². The van der Waals surface area contributed by atoms with Crippen LogP contribution in [0.4, 0.5) is 5.95 Å². The molecule has 2 N–H and O–H groups in total. The van der Waals surface area contributed by atoms with Crippen LogP contribution in [0.2, 0.25) is 0 Å². The second kappa shape index (κ2) is 4.16. The Labute approximate surface area is 89.7 Å². The topological polar surface area (TPSA) is 63.2 Å². The van der Waals surface area contributed by atoms with Crippen molar-refractivity contribution >= 4 is 5.95 Å². The van der Waals surface area contributed by atoms with E-state index in [1.807, 2.05) is 7.05 Å². The molecule has 1 aliphatic heterocycles. The van der Waals surface area contributed by atoms with E-state index in [9.17, 15) is 0 Å². The number of hydrogen-bond donors (Lipinski definition) is 1. The highest BCUT2D eigenvalue weighted by atomic mass is 15.4. The molecule has 1 aliphatic rings. The zero-order valence-electron chi connectivity index (χ0n) is 9.35. The number of aryl methyl sites for hydroxylation is 1. The fourth-order valence-corrected chi connectivity index (χ4v) is 1.78.